The van der Waals surface area contributed by atoms with Crippen molar-refractivity contribution < 1.29 is 46.0 Å². The Labute approximate surface area is 297 Å². The van der Waals surface area contributed by atoms with E-state index in [9.17, 15) is 37.4 Å². The lowest BCUT2D eigenvalue weighted by atomic mass is 10.1. The molecule has 0 N–H and O–H groups in total. The molecule has 0 heterocycles. The molecule has 0 aliphatic carbocycles. The van der Waals surface area contributed by atoms with E-state index in [2.05, 4.69) is 0 Å². The molecule has 0 spiro atoms. The molecule has 0 amide bonds. The van der Waals surface area contributed by atoms with E-state index < -0.39 is 36.5 Å². The topological polar surface area (TPSA) is 197 Å². The van der Waals surface area contributed by atoms with Crippen LogP contribution >= 0.6 is 0 Å². The number of sulfone groups is 1. The fraction of sp³-hybridized carbons (Fsp3) is 0.200. The van der Waals surface area contributed by atoms with Crippen LogP contribution in [0.4, 0.5) is 11.4 Å². The molecular formula is C35H35N2O12S2-. The SMILES string of the molecule is CCOc1ccc(/C=C/S(=O)(=O)Cc2ccc(OC)cc2)cc1OC.COc1cc(/C=C/c2ccccc2[N+](=O)[O-])c([N+](=O)[O-])cc1CS(=O)[O-]. The third kappa shape index (κ3) is 12.1. The molecule has 4 aromatic rings. The summed E-state index contributed by atoms with van der Waals surface area (Å²) in [6.45, 7) is 2.42. The number of ether oxygens (including phenoxy) is 4. The van der Waals surface area contributed by atoms with Gasteiger partial charge in [-0.2, -0.15) is 0 Å². The number of methoxy groups -OCH3 is 3. The van der Waals surface area contributed by atoms with E-state index in [1.807, 2.05) is 6.92 Å². The van der Waals surface area contributed by atoms with Crippen LogP contribution in [-0.4, -0.2) is 55.0 Å². The minimum atomic E-state index is -3.39. The summed E-state index contributed by atoms with van der Waals surface area (Å²) < 4.78 is 67.3. The van der Waals surface area contributed by atoms with Gasteiger partial charge >= 0.3 is 0 Å². The quantitative estimate of drug-likeness (QED) is 0.0539. The zero-order chi connectivity index (χ0) is 37.6. The highest BCUT2D eigenvalue weighted by Crippen LogP contribution is 2.32. The standard InChI is InChI=1S/C19H22O5S.C16H14N2O7S/c1-4-24-18-10-7-15(13-19(18)23-3)11-12-25(20,21)14-16-5-8-17(22-2)9-6-16;1-25-16-9-12(15(18(21)22)8-13(16)10-26(23)24)7-6-11-4-2-3-5-14(11)17(19)20/h5-13H,4,14H2,1-3H3;2-9H,10H2,1H3,(H,23,24)/p-1/b12-11+;7-6+. The molecule has 0 aliphatic rings. The summed E-state index contributed by atoms with van der Waals surface area (Å²) in [6.07, 6.45) is 4.28. The molecule has 14 nitrogen and oxygen atoms in total. The van der Waals surface area contributed by atoms with Crippen molar-refractivity contribution in [2.45, 2.75) is 18.4 Å². The Hall–Kier alpha value is -5.58. The normalized spacial score (nSPS) is 11.8. The van der Waals surface area contributed by atoms with Crippen LogP contribution in [0.5, 0.6) is 23.0 Å². The highest BCUT2D eigenvalue weighted by Gasteiger charge is 2.18. The highest BCUT2D eigenvalue weighted by atomic mass is 32.2. The van der Waals surface area contributed by atoms with Gasteiger partial charge in [0.2, 0.25) is 0 Å². The van der Waals surface area contributed by atoms with Crippen molar-refractivity contribution in [2.24, 2.45) is 0 Å². The molecule has 0 aromatic heterocycles. The molecular weight excluding hydrogens is 705 g/mol. The molecule has 0 fully saturated rings. The summed E-state index contributed by atoms with van der Waals surface area (Å²) in [5.74, 6) is 1.56. The van der Waals surface area contributed by atoms with Gasteiger partial charge in [-0.1, -0.05) is 41.4 Å². The van der Waals surface area contributed by atoms with Gasteiger partial charge in [0.05, 0.1) is 54.7 Å². The summed E-state index contributed by atoms with van der Waals surface area (Å²) in [4.78, 5) is 21.1. The summed E-state index contributed by atoms with van der Waals surface area (Å²) in [5, 5.41) is 23.6. The molecule has 0 bridgehead atoms. The number of hydrogen-bond donors (Lipinski definition) is 0. The van der Waals surface area contributed by atoms with Gasteiger partial charge < -0.3 is 23.5 Å². The summed E-state index contributed by atoms with van der Waals surface area (Å²) in [5.41, 5.74) is 1.50. The Morgan fingerprint density at radius 3 is 1.98 bits per heavy atom. The minimum Gasteiger partial charge on any atom is -0.772 e. The Kier molecular flexibility index (Phi) is 14.8. The van der Waals surface area contributed by atoms with Crippen LogP contribution in [-0.2, 0) is 32.4 Å². The number of benzene rings is 4. The fourth-order valence-corrected chi connectivity index (χ4v) is 6.17. The zero-order valence-corrected chi connectivity index (χ0v) is 29.7. The van der Waals surface area contributed by atoms with Crippen molar-refractivity contribution in [1.29, 1.82) is 0 Å². The van der Waals surface area contributed by atoms with Gasteiger partial charge in [-0.05, 0) is 72.7 Å². The monoisotopic (exact) mass is 739 g/mol. The second-order valence-electron chi connectivity index (χ2n) is 10.4. The minimum absolute atomic E-state index is 0.0678. The van der Waals surface area contributed by atoms with Gasteiger partial charge in [0.15, 0.2) is 21.3 Å². The zero-order valence-electron chi connectivity index (χ0n) is 28.0. The number of nitro benzene ring substituents is 2. The van der Waals surface area contributed by atoms with Crippen molar-refractivity contribution in [3.05, 3.63) is 132 Å². The first-order valence-corrected chi connectivity index (χ1v) is 17.9. The smallest absolute Gasteiger partial charge is 0.277 e. The van der Waals surface area contributed by atoms with Gasteiger partial charge in [0.25, 0.3) is 11.4 Å². The Morgan fingerprint density at radius 2 is 1.39 bits per heavy atom. The molecule has 0 saturated carbocycles. The van der Waals surface area contributed by atoms with Crippen LogP contribution in [0.2, 0.25) is 0 Å². The molecule has 16 heteroatoms. The predicted octanol–water partition coefficient (Wildman–Crippen LogP) is 6.75. The van der Waals surface area contributed by atoms with E-state index in [-0.39, 0.29) is 39.6 Å². The lowest BCUT2D eigenvalue weighted by molar-refractivity contribution is -0.385. The summed E-state index contributed by atoms with van der Waals surface area (Å²) >= 11 is -2.44. The molecule has 4 rings (SSSR count). The van der Waals surface area contributed by atoms with Crippen molar-refractivity contribution in [1.82, 2.24) is 0 Å². The number of nitro groups is 2. The van der Waals surface area contributed by atoms with E-state index in [4.69, 9.17) is 18.9 Å². The summed E-state index contributed by atoms with van der Waals surface area (Å²) in [6, 6.07) is 20.6. The molecule has 1 unspecified atom stereocenters. The second kappa shape index (κ2) is 19.0. The predicted molar refractivity (Wildman–Crippen MR) is 193 cm³/mol. The third-order valence-electron chi connectivity index (χ3n) is 6.96. The first-order chi connectivity index (χ1) is 24.3. The van der Waals surface area contributed by atoms with Gasteiger partial charge in [-0.3, -0.25) is 24.4 Å². The van der Waals surface area contributed by atoms with Gasteiger partial charge in [-0.25, -0.2) is 8.42 Å². The molecule has 0 aliphatic heterocycles. The van der Waals surface area contributed by atoms with E-state index in [1.54, 1.807) is 68.8 Å². The molecule has 4 aromatic carbocycles. The molecule has 51 heavy (non-hydrogen) atoms. The first-order valence-electron chi connectivity index (χ1n) is 15.0. The maximum absolute atomic E-state index is 12.3. The van der Waals surface area contributed by atoms with E-state index in [1.165, 1.54) is 48.9 Å². The number of hydrogen-bond acceptors (Lipinski definition) is 12. The lowest BCUT2D eigenvalue weighted by Gasteiger charge is -2.11. The first kappa shape index (κ1) is 39.9. The molecule has 1 atom stereocenters. The van der Waals surface area contributed by atoms with Crippen molar-refractivity contribution in [3.63, 3.8) is 0 Å². The average Bonchev–Trinajstić information content (AvgIpc) is 3.10. The highest BCUT2D eigenvalue weighted by molar-refractivity contribution is 7.93. The van der Waals surface area contributed by atoms with Crippen LogP contribution in [0.1, 0.15) is 34.7 Å². The van der Waals surface area contributed by atoms with Crippen molar-refractivity contribution in [2.75, 3.05) is 27.9 Å². The van der Waals surface area contributed by atoms with E-state index in [0.29, 0.717) is 29.4 Å². The largest absolute Gasteiger partial charge is 0.772 e. The number of para-hydroxylation sites is 1. The lowest BCUT2D eigenvalue weighted by Crippen LogP contribution is -2.01. The third-order valence-corrected chi connectivity index (χ3v) is 8.79. The van der Waals surface area contributed by atoms with Gasteiger partial charge in [0, 0.05) is 28.9 Å². The van der Waals surface area contributed by atoms with Crippen molar-refractivity contribution in [3.8, 4) is 23.0 Å². The second-order valence-corrected chi connectivity index (χ2v) is 13.2. The maximum atomic E-state index is 12.3. The van der Waals surface area contributed by atoms with Crippen LogP contribution in [0, 0.1) is 20.2 Å². The van der Waals surface area contributed by atoms with E-state index >= 15 is 0 Å². The van der Waals surface area contributed by atoms with Crippen LogP contribution in [0.3, 0.4) is 0 Å². The molecule has 0 radical (unpaired) electrons. The molecule has 0 saturated heterocycles. The number of rotatable bonds is 15. The summed E-state index contributed by atoms with van der Waals surface area (Å²) in [7, 11) is 1.04. The number of nitrogens with zero attached hydrogens (tertiary/aromatic N) is 2. The van der Waals surface area contributed by atoms with Crippen LogP contribution < -0.4 is 18.9 Å². The van der Waals surface area contributed by atoms with Crippen molar-refractivity contribution >= 4 is 50.5 Å². The maximum Gasteiger partial charge on any atom is 0.277 e. The average molecular weight is 740 g/mol. The van der Waals surface area contributed by atoms with Gasteiger partial charge in [0.1, 0.15) is 11.5 Å². The van der Waals surface area contributed by atoms with Crippen LogP contribution in [0.15, 0.2) is 84.3 Å². The van der Waals surface area contributed by atoms with Gasteiger partial charge in [-0.15, -0.1) is 0 Å². The Morgan fingerprint density at radius 1 is 0.745 bits per heavy atom. The Balaban J connectivity index is 0.000000276. The molecule has 270 valence electrons. The Bertz CT molecular complexity index is 2030. The van der Waals surface area contributed by atoms with Crippen LogP contribution in [0.25, 0.3) is 18.2 Å². The fourth-order valence-electron chi connectivity index (χ4n) is 4.57. The van der Waals surface area contributed by atoms with E-state index in [0.717, 1.165) is 11.6 Å².